The van der Waals surface area contributed by atoms with E-state index in [1.165, 1.54) is 12.1 Å². The number of anilines is 1. The molecule has 1 amide bonds. The lowest BCUT2D eigenvalue weighted by Gasteiger charge is -2.23. The summed E-state index contributed by atoms with van der Waals surface area (Å²) >= 11 is 0. The van der Waals surface area contributed by atoms with E-state index in [0.29, 0.717) is 17.7 Å². The Morgan fingerprint density at radius 1 is 1.39 bits per heavy atom. The number of carbonyl (C=O) groups is 1. The van der Waals surface area contributed by atoms with Crippen molar-refractivity contribution < 1.29 is 14.5 Å². The van der Waals surface area contributed by atoms with Crippen LogP contribution in [0.2, 0.25) is 0 Å². The second-order valence-electron chi connectivity index (χ2n) is 7.22. The van der Waals surface area contributed by atoms with E-state index in [4.69, 9.17) is 10.5 Å². The molecule has 0 radical (unpaired) electrons. The van der Waals surface area contributed by atoms with Crippen LogP contribution >= 0.6 is 0 Å². The minimum Gasteiger partial charge on any atom is -0.444 e. The van der Waals surface area contributed by atoms with Gasteiger partial charge in [-0.2, -0.15) is 0 Å². The first-order valence-electron chi connectivity index (χ1n) is 8.71. The van der Waals surface area contributed by atoms with Crippen LogP contribution in [-0.4, -0.2) is 21.6 Å². The fourth-order valence-corrected chi connectivity index (χ4v) is 2.60. The molecule has 8 heteroatoms. The third-order valence-corrected chi connectivity index (χ3v) is 3.79. The van der Waals surface area contributed by atoms with E-state index in [1.54, 1.807) is 51.2 Å². The SMILES string of the molecule is C=CC[C@H](NC(=O)OC(C)(C)C)c1cc(-c2ccc([N+](=O)[O-])cc2N)ccn1. The highest BCUT2D eigenvalue weighted by atomic mass is 16.6. The summed E-state index contributed by atoms with van der Waals surface area (Å²) in [6, 6.07) is 7.40. The average molecular weight is 384 g/mol. The Labute approximate surface area is 163 Å². The number of pyridine rings is 1. The van der Waals surface area contributed by atoms with Gasteiger partial charge in [-0.15, -0.1) is 6.58 Å². The van der Waals surface area contributed by atoms with Crippen LogP contribution in [-0.2, 0) is 4.74 Å². The van der Waals surface area contributed by atoms with Crippen molar-refractivity contribution in [3.63, 3.8) is 0 Å². The van der Waals surface area contributed by atoms with Crippen LogP contribution in [0.25, 0.3) is 11.1 Å². The highest BCUT2D eigenvalue weighted by Gasteiger charge is 2.21. The van der Waals surface area contributed by atoms with Gasteiger partial charge in [0.1, 0.15) is 5.60 Å². The zero-order valence-corrected chi connectivity index (χ0v) is 16.1. The highest BCUT2D eigenvalue weighted by molar-refractivity contribution is 5.78. The molecule has 0 aliphatic rings. The van der Waals surface area contributed by atoms with E-state index in [-0.39, 0.29) is 11.4 Å². The van der Waals surface area contributed by atoms with Gasteiger partial charge in [0.15, 0.2) is 0 Å². The van der Waals surface area contributed by atoms with Gasteiger partial charge in [0.05, 0.1) is 16.7 Å². The summed E-state index contributed by atoms with van der Waals surface area (Å²) in [6.45, 7) is 9.07. The number of nitrogens with zero attached hydrogens (tertiary/aromatic N) is 2. The van der Waals surface area contributed by atoms with Crippen molar-refractivity contribution in [1.29, 1.82) is 0 Å². The lowest BCUT2D eigenvalue weighted by molar-refractivity contribution is -0.384. The predicted octanol–water partition coefficient (Wildman–Crippen LogP) is 4.38. The number of rotatable bonds is 6. The van der Waals surface area contributed by atoms with E-state index in [1.807, 2.05) is 0 Å². The number of nitro groups is 1. The Kier molecular flexibility index (Phi) is 6.35. The molecule has 0 aliphatic carbocycles. The molecule has 1 aromatic carbocycles. The molecule has 8 nitrogen and oxygen atoms in total. The summed E-state index contributed by atoms with van der Waals surface area (Å²) in [6.07, 6.45) is 3.17. The maximum Gasteiger partial charge on any atom is 0.408 e. The second kappa shape index (κ2) is 8.51. The number of ether oxygens (including phenoxy) is 1. The van der Waals surface area contributed by atoms with Crippen molar-refractivity contribution in [2.75, 3.05) is 5.73 Å². The van der Waals surface area contributed by atoms with E-state index in [2.05, 4.69) is 16.9 Å². The van der Waals surface area contributed by atoms with Crippen LogP contribution < -0.4 is 11.1 Å². The number of carbonyl (C=O) groups excluding carboxylic acids is 1. The minimum absolute atomic E-state index is 0.0772. The molecule has 1 aromatic heterocycles. The van der Waals surface area contributed by atoms with Crippen molar-refractivity contribution in [2.24, 2.45) is 0 Å². The van der Waals surface area contributed by atoms with Gasteiger partial charge >= 0.3 is 6.09 Å². The molecule has 1 heterocycles. The third kappa shape index (κ3) is 5.54. The normalized spacial score (nSPS) is 12.1. The maximum atomic E-state index is 12.1. The van der Waals surface area contributed by atoms with Crippen molar-refractivity contribution in [2.45, 2.75) is 38.8 Å². The number of nitrogen functional groups attached to an aromatic ring is 1. The Hall–Kier alpha value is -3.42. The van der Waals surface area contributed by atoms with Gasteiger partial charge in [-0.1, -0.05) is 6.08 Å². The first-order chi connectivity index (χ1) is 13.1. The number of nitro benzene ring substituents is 1. The van der Waals surface area contributed by atoms with E-state index in [0.717, 1.165) is 5.56 Å². The van der Waals surface area contributed by atoms with Gasteiger partial charge < -0.3 is 15.8 Å². The predicted molar refractivity (Wildman–Crippen MR) is 108 cm³/mol. The van der Waals surface area contributed by atoms with Gasteiger partial charge in [-0.3, -0.25) is 15.1 Å². The number of nitrogens with one attached hydrogen (secondary N) is 1. The molecule has 0 saturated carbocycles. The molecular weight excluding hydrogens is 360 g/mol. The topological polar surface area (TPSA) is 120 Å². The lowest BCUT2D eigenvalue weighted by atomic mass is 10.0. The number of nitrogens with two attached hydrogens (primary N) is 1. The van der Waals surface area contributed by atoms with Crippen molar-refractivity contribution >= 4 is 17.5 Å². The van der Waals surface area contributed by atoms with Crippen LogP contribution in [0, 0.1) is 10.1 Å². The zero-order valence-electron chi connectivity index (χ0n) is 16.1. The molecule has 148 valence electrons. The lowest BCUT2D eigenvalue weighted by Crippen LogP contribution is -2.35. The fourth-order valence-electron chi connectivity index (χ4n) is 2.60. The van der Waals surface area contributed by atoms with Crippen LogP contribution in [0.4, 0.5) is 16.2 Å². The standard InChI is InChI=1S/C20H24N4O4/c1-5-6-17(23-19(25)28-20(2,3)4)18-11-13(9-10-22-18)15-8-7-14(24(26)27)12-16(15)21/h5,7-12,17H,1,6,21H2,2-4H3,(H,23,25)/t17-/m0/s1. The van der Waals surface area contributed by atoms with E-state index < -0.39 is 22.7 Å². The third-order valence-electron chi connectivity index (χ3n) is 3.79. The number of alkyl carbamates (subject to hydrolysis) is 1. The molecule has 0 unspecified atom stereocenters. The molecule has 0 fully saturated rings. The van der Waals surface area contributed by atoms with Gasteiger partial charge in [0.2, 0.25) is 0 Å². The Balaban J connectivity index is 2.32. The molecule has 1 atom stereocenters. The quantitative estimate of drug-likeness (QED) is 0.330. The van der Waals surface area contributed by atoms with Crippen LogP contribution in [0.5, 0.6) is 0 Å². The number of aromatic nitrogens is 1. The van der Waals surface area contributed by atoms with Gasteiger partial charge in [-0.25, -0.2) is 4.79 Å². The minimum atomic E-state index is -0.620. The Bertz CT molecular complexity index is 890. The van der Waals surface area contributed by atoms with Crippen molar-refractivity contribution in [3.8, 4) is 11.1 Å². The van der Waals surface area contributed by atoms with Gasteiger partial charge in [0.25, 0.3) is 5.69 Å². The molecule has 0 aliphatic heterocycles. The summed E-state index contributed by atoms with van der Waals surface area (Å²) in [5.74, 6) is 0. The summed E-state index contributed by atoms with van der Waals surface area (Å²) < 4.78 is 5.31. The molecule has 0 bridgehead atoms. The smallest absolute Gasteiger partial charge is 0.408 e. The molecule has 28 heavy (non-hydrogen) atoms. The number of benzene rings is 1. The first kappa shape index (κ1) is 20.9. The summed E-state index contributed by atoms with van der Waals surface area (Å²) in [5.41, 5.74) is 7.56. The van der Waals surface area contributed by atoms with Crippen molar-refractivity contribution in [3.05, 3.63) is 65.0 Å². The average Bonchev–Trinajstić information content (AvgIpc) is 2.59. The monoisotopic (exact) mass is 384 g/mol. The Morgan fingerprint density at radius 2 is 2.11 bits per heavy atom. The van der Waals surface area contributed by atoms with Crippen molar-refractivity contribution in [1.82, 2.24) is 10.3 Å². The fraction of sp³-hybridized carbons (Fsp3) is 0.300. The number of hydrogen-bond donors (Lipinski definition) is 2. The molecular formula is C20H24N4O4. The Morgan fingerprint density at radius 3 is 2.68 bits per heavy atom. The van der Waals surface area contributed by atoms with E-state index in [9.17, 15) is 14.9 Å². The maximum absolute atomic E-state index is 12.1. The molecule has 3 N–H and O–H groups in total. The zero-order chi connectivity index (χ0) is 20.9. The number of amides is 1. The molecule has 0 spiro atoms. The van der Waals surface area contributed by atoms with Crippen LogP contribution in [0.3, 0.4) is 0 Å². The van der Waals surface area contributed by atoms with Crippen LogP contribution in [0.1, 0.15) is 38.9 Å². The van der Waals surface area contributed by atoms with E-state index >= 15 is 0 Å². The van der Waals surface area contributed by atoms with Crippen LogP contribution in [0.15, 0.2) is 49.2 Å². The molecule has 2 aromatic rings. The number of hydrogen-bond acceptors (Lipinski definition) is 6. The van der Waals surface area contributed by atoms with Gasteiger partial charge in [-0.05, 0) is 51.0 Å². The summed E-state index contributed by atoms with van der Waals surface area (Å²) in [5, 5.41) is 13.7. The summed E-state index contributed by atoms with van der Waals surface area (Å²) in [7, 11) is 0. The molecule has 2 rings (SSSR count). The highest BCUT2D eigenvalue weighted by Crippen LogP contribution is 2.30. The summed E-state index contributed by atoms with van der Waals surface area (Å²) in [4.78, 5) is 26.9. The second-order valence-corrected chi connectivity index (χ2v) is 7.22. The number of non-ortho nitro benzene ring substituents is 1. The first-order valence-corrected chi connectivity index (χ1v) is 8.71. The van der Waals surface area contributed by atoms with Gasteiger partial charge in [0, 0.05) is 29.6 Å². The molecule has 0 saturated heterocycles. The largest absolute Gasteiger partial charge is 0.444 e.